The highest BCUT2D eigenvalue weighted by Gasteiger charge is 2.31. The number of carbonyl (C=O) groups is 1. The number of rotatable bonds is 3. The van der Waals surface area contributed by atoms with Gasteiger partial charge in [-0.25, -0.2) is 4.79 Å². The van der Waals surface area contributed by atoms with E-state index >= 15 is 0 Å². The number of nitrogens with one attached hydrogen (secondary N) is 1. The third kappa shape index (κ3) is 2.25. The van der Waals surface area contributed by atoms with E-state index in [-0.39, 0.29) is 6.03 Å². The first kappa shape index (κ1) is 10.7. The van der Waals surface area contributed by atoms with E-state index in [0.29, 0.717) is 6.04 Å². The minimum absolute atomic E-state index is 0.265. The second-order valence-electron chi connectivity index (χ2n) is 4.48. The van der Waals surface area contributed by atoms with E-state index in [0.717, 1.165) is 39.1 Å². The maximum absolute atomic E-state index is 12.2. The van der Waals surface area contributed by atoms with Crippen molar-refractivity contribution in [2.24, 2.45) is 0 Å². The van der Waals surface area contributed by atoms with E-state index in [1.165, 1.54) is 12.8 Å². The highest BCUT2D eigenvalue weighted by molar-refractivity contribution is 5.75. The van der Waals surface area contributed by atoms with Crippen LogP contribution in [0.25, 0.3) is 0 Å². The summed E-state index contributed by atoms with van der Waals surface area (Å²) < 4.78 is 0. The largest absolute Gasteiger partial charge is 0.325 e. The Kier molecular flexibility index (Phi) is 3.46. The van der Waals surface area contributed by atoms with Crippen molar-refractivity contribution in [3.05, 3.63) is 0 Å². The second-order valence-corrected chi connectivity index (χ2v) is 4.48. The van der Waals surface area contributed by atoms with Gasteiger partial charge in [0.1, 0.15) is 0 Å². The van der Waals surface area contributed by atoms with E-state index in [2.05, 4.69) is 17.1 Å². The molecule has 0 atom stereocenters. The Labute approximate surface area is 91.6 Å². The SMILES string of the molecule is CCCN(C(=O)N1CCCC1)C1CNC1. The Morgan fingerprint density at radius 3 is 2.53 bits per heavy atom. The molecule has 4 heteroatoms. The van der Waals surface area contributed by atoms with Gasteiger partial charge >= 0.3 is 6.03 Å². The van der Waals surface area contributed by atoms with Gasteiger partial charge in [0.05, 0.1) is 6.04 Å². The Morgan fingerprint density at radius 1 is 1.40 bits per heavy atom. The molecule has 0 aromatic heterocycles. The fourth-order valence-electron chi connectivity index (χ4n) is 2.26. The van der Waals surface area contributed by atoms with Crippen LogP contribution in [-0.2, 0) is 0 Å². The average molecular weight is 211 g/mol. The monoisotopic (exact) mass is 211 g/mol. The van der Waals surface area contributed by atoms with Crippen LogP contribution in [0.1, 0.15) is 26.2 Å². The number of hydrogen-bond acceptors (Lipinski definition) is 2. The molecule has 2 rings (SSSR count). The van der Waals surface area contributed by atoms with Gasteiger partial charge in [0.25, 0.3) is 0 Å². The lowest BCUT2D eigenvalue weighted by atomic mass is 10.1. The molecule has 1 N–H and O–H groups in total. The molecule has 2 fully saturated rings. The summed E-state index contributed by atoms with van der Waals surface area (Å²) in [4.78, 5) is 16.3. The maximum atomic E-state index is 12.2. The van der Waals surface area contributed by atoms with Gasteiger partial charge in [0, 0.05) is 32.7 Å². The van der Waals surface area contributed by atoms with Gasteiger partial charge in [0.2, 0.25) is 0 Å². The molecule has 0 bridgehead atoms. The molecular weight excluding hydrogens is 190 g/mol. The first-order valence-corrected chi connectivity index (χ1v) is 6.09. The van der Waals surface area contributed by atoms with Gasteiger partial charge in [-0.15, -0.1) is 0 Å². The smallest absolute Gasteiger partial charge is 0.320 e. The molecule has 0 radical (unpaired) electrons. The third-order valence-corrected chi connectivity index (χ3v) is 3.29. The van der Waals surface area contributed by atoms with Crippen molar-refractivity contribution in [2.45, 2.75) is 32.2 Å². The minimum atomic E-state index is 0.265. The number of urea groups is 1. The molecule has 0 aromatic carbocycles. The van der Waals surface area contributed by atoms with Gasteiger partial charge in [-0.2, -0.15) is 0 Å². The summed E-state index contributed by atoms with van der Waals surface area (Å²) in [7, 11) is 0. The molecule has 0 aliphatic carbocycles. The van der Waals surface area contributed by atoms with Crippen molar-refractivity contribution in [1.82, 2.24) is 15.1 Å². The molecule has 15 heavy (non-hydrogen) atoms. The molecule has 2 aliphatic heterocycles. The molecule has 86 valence electrons. The van der Waals surface area contributed by atoms with Crippen molar-refractivity contribution >= 4 is 6.03 Å². The quantitative estimate of drug-likeness (QED) is 0.752. The Morgan fingerprint density at radius 2 is 2.07 bits per heavy atom. The van der Waals surface area contributed by atoms with E-state index in [4.69, 9.17) is 0 Å². The zero-order valence-corrected chi connectivity index (χ0v) is 9.54. The summed E-state index contributed by atoms with van der Waals surface area (Å²) in [5.74, 6) is 0. The average Bonchev–Trinajstić information content (AvgIpc) is 2.66. The summed E-state index contributed by atoms with van der Waals surface area (Å²) >= 11 is 0. The van der Waals surface area contributed by atoms with Crippen LogP contribution >= 0.6 is 0 Å². The number of amides is 2. The van der Waals surface area contributed by atoms with Crippen LogP contribution in [0.3, 0.4) is 0 Å². The fourth-order valence-corrected chi connectivity index (χ4v) is 2.26. The Hall–Kier alpha value is -0.770. The number of likely N-dealkylation sites (tertiary alicyclic amines) is 1. The van der Waals surface area contributed by atoms with Crippen LogP contribution in [0.4, 0.5) is 4.79 Å². The number of carbonyl (C=O) groups excluding carboxylic acids is 1. The molecule has 2 amide bonds. The van der Waals surface area contributed by atoms with Gasteiger partial charge in [-0.3, -0.25) is 0 Å². The van der Waals surface area contributed by atoms with Gasteiger partial charge in [-0.1, -0.05) is 6.92 Å². The predicted molar refractivity (Wildman–Crippen MR) is 59.9 cm³/mol. The van der Waals surface area contributed by atoms with Crippen molar-refractivity contribution in [2.75, 3.05) is 32.7 Å². The first-order chi connectivity index (χ1) is 7.33. The van der Waals surface area contributed by atoms with Crippen molar-refractivity contribution in [3.8, 4) is 0 Å². The van der Waals surface area contributed by atoms with Crippen molar-refractivity contribution < 1.29 is 4.79 Å². The van der Waals surface area contributed by atoms with Crippen LogP contribution in [0, 0.1) is 0 Å². The van der Waals surface area contributed by atoms with Gasteiger partial charge in [-0.05, 0) is 19.3 Å². The first-order valence-electron chi connectivity index (χ1n) is 6.09. The van der Waals surface area contributed by atoms with E-state index in [1.54, 1.807) is 0 Å². The van der Waals surface area contributed by atoms with Crippen molar-refractivity contribution in [1.29, 1.82) is 0 Å². The molecule has 2 aliphatic rings. The van der Waals surface area contributed by atoms with Crippen LogP contribution in [0.2, 0.25) is 0 Å². The topological polar surface area (TPSA) is 35.6 Å². The maximum Gasteiger partial charge on any atom is 0.320 e. The third-order valence-electron chi connectivity index (χ3n) is 3.29. The molecule has 4 nitrogen and oxygen atoms in total. The van der Waals surface area contributed by atoms with Crippen LogP contribution in [-0.4, -0.2) is 54.6 Å². The number of nitrogens with zero attached hydrogens (tertiary/aromatic N) is 2. The predicted octanol–water partition coefficient (Wildman–Crippen LogP) is 0.886. The Balaban J connectivity index is 1.92. The molecule has 0 aromatic rings. The molecule has 0 unspecified atom stereocenters. The van der Waals surface area contributed by atoms with Gasteiger partial charge in [0.15, 0.2) is 0 Å². The highest BCUT2D eigenvalue weighted by atomic mass is 16.2. The van der Waals surface area contributed by atoms with Crippen LogP contribution < -0.4 is 5.32 Å². The molecule has 0 spiro atoms. The lowest BCUT2D eigenvalue weighted by Crippen LogP contribution is -2.61. The Bertz CT molecular complexity index is 222. The van der Waals surface area contributed by atoms with E-state index in [1.807, 2.05) is 4.90 Å². The summed E-state index contributed by atoms with van der Waals surface area (Å²) in [5.41, 5.74) is 0. The van der Waals surface area contributed by atoms with E-state index in [9.17, 15) is 4.79 Å². The van der Waals surface area contributed by atoms with Gasteiger partial charge < -0.3 is 15.1 Å². The lowest BCUT2D eigenvalue weighted by Gasteiger charge is -2.40. The zero-order valence-electron chi connectivity index (χ0n) is 9.54. The molecule has 2 heterocycles. The molecular formula is C11H21N3O. The standard InChI is InChI=1S/C11H21N3O/c1-2-5-14(10-8-12-9-10)11(15)13-6-3-4-7-13/h10,12H,2-9H2,1H3. The molecule has 0 saturated carbocycles. The highest BCUT2D eigenvalue weighted by Crippen LogP contribution is 2.14. The minimum Gasteiger partial charge on any atom is -0.325 e. The zero-order chi connectivity index (χ0) is 10.7. The number of hydrogen-bond donors (Lipinski definition) is 1. The normalized spacial score (nSPS) is 21.5. The summed E-state index contributed by atoms with van der Waals surface area (Å²) in [5, 5.41) is 3.23. The van der Waals surface area contributed by atoms with Crippen molar-refractivity contribution in [3.63, 3.8) is 0 Å². The summed E-state index contributed by atoms with van der Waals surface area (Å²) in [6, 6.07) is 0.707. The summed E-state index contributed by atoms with van der Waals surface area (Å²) in [6.45, 7) is 6.90. The lowest BCUT2D eigenvalue weighted by molar-refractivity contribution is 0.121. The second kappa shape index (κ2) is 4.84. The van der Waals surface area contributed by atoms with Crippen LogP contribution in [0.5, 0.6) is 0 Å². The summed E-state index contributed by atoms with van der Waals surface area (Å²) in [6.07, 6.45) is 3.40. The van der Waals surface area contributed by atoms with E-state index < -0.39 is 0 Å². The molecule has 2 saturated heterocycles. The van der Waals surface area contributed by atoms with Crippen LogP contribution in [0.15, 0.2) is 0 Å². The fraction of sp³-hybridized carbons (Fsp3) is 0.909.